The maximum Gasteiger partial charge on any atom is 0.338 e. The Bertz CT molecular complexity index is 888. The average Bonchev–Trinajstić information content (AvgIpc) is 2.60. The summed E-state index contributed by atoms with van der Waals surface area (Å²) in [6, 6.07) is 11.6. The van der Waals surface area contributed by atoms with Crippen molar-refractivity contribution in [3.63, 3.8) is 0 Å². The zero-order valence-electron chi connectivity index (χ0n) is 12.8. The van der Waals surface area contributed by atoms with E-state index in [-0.39, 0.29) is 11.3 Å². The standard InChI is InChI=1S/C16H12N4O5/c17-8-10-2-1-3-12(6-10)19-15(21)9-25-16(22)11-4-5-13(18)14(7-11)20(23)24/h1-7H,9,18H2,(H,19,21). The van der Waals surface area contributed by atoms with Gasteiger partial charge in [0.05, 0.1) is 22.1 Å². The van der Waals surface area contributed by atoms with Gasteiger partial charge in [-0.3, -0.25) is 14.9 Å². The molecule has 126 valence electrons. The first-order valence-electron chi connectivity index (χ1n) is 6.92. The van der Waals surface area contributed by atoms with Crippen LogP contribution in [0.5, 0.6) is 0 Å². The molecule has 0 unspecified atom stereocenters. The molecule has 2 rings (SSSR count). The average molecular weight is 340 g/mol. The van der Waals surface area contributed by atoms with Crippen LogP contribution in [0.3, 0.4) is 0 Å². The molecule has 0 heterocycles. The summed E-state index contributed by atoms with van der Waals surface area (Å²) in [4.78, 5) is 33.7. The minimum Gasteiger partial charge on any atom is -0.452 e. The van der Waals surface area contributed by atoms with E-state index in [0.29, 0.717) is 11.3 Å². The lowest BCUT2D eigenvalue weighted by Crippen LogP contribution is -2.21. The number of nitriles is 1. The van der Waals surface area contributed by atoms with Gasteiger partial charge in [-0.25, -0.2) is 4.79 Å². The van der Waals surface area contributed by atoms with Gasteiger partial charge in [-0.05, 0) is 30.3 Å². The smallest absolute Gasteiger partial charge is 0.338 e. The Kier molecular flexibility index (Phi) is 5.27. The second-order valence-corrected chi connectivity index (χ2v) is 4.85. The largest absolute Gasteiger partial charge is 0.452 e. The van der Waals surface area contributed by atoms with Crippen molar-refractivity contribution in [2.24, 2.45) is 0 Å². The van der Waals surface area contributed by atoms with E-state index in [9.17, 15) is 19.7 Å². The first-order chi connectivity index (χ1) is 11.9. The van der Waals surface area contributed by atoms with Gasteiger partial charge in [0.15, 0.2) is 6.61 Å². The molecule has 1 amide bonds. The lowest BCUT2D eigenvalue weighted by Gasteiger charge is -2.07. The van der Waals surface area contributed by atoms with E-state index in [1.807, 2.05) is 6.07 Å². The number of esters is 1. The van der Waals surface area contributed by atoms with E-state index in [1.54, 1.807) is 18.2 Å². The molecule has 0 bridgehead atoms. The van der Waals surface area contributed by atoms with Crippen LogP contribution in [0.1, 0.15) is 15.9 Å². The molecule has 0 aliphatic heterocycles. The van der Waals surface area contributed by atoms with E-state index in [1.165, 1.54) is 18.2 Å². The van der Waals surface area contributed by atoms with Gasteiger partial charge in [0.2, 0.25) is 0 Å². The minimum absolute atomic E-state index is 0.0864. The Morgan fingerprint density at radius 1 is 1.28 bits per heavy atom. The summed E-state index contributed by atoms with van der Waals surface area (Å²) in [6.07, 6.45) is 0. The first-order valence-corrected chi connectivity index (χ1v) is 6.92. The number of nitro benzene ring substituents is 1. The van der Waals surface area contributed by atoms with E-state index < -0.39 is 29.1 Å². The summed E-state index contributed by atoms with van der Waals surface area (Å²) in [6.45, 7) is -0.589. The van der Waals surface area contributed by atoms with Gasteiger partial charge >= 0.3 is 5.97 Å². The molecule has 0 aliphatic carbocycles. The summed E-state index contributed by atoms with van der Waals surface area (Å²) < 4.78 is 4.81. The van der Waals surface area contributed by atoms with Gasteiger partial charge in [0, 0.05) is 11.8 Å². The molecular formula is C16H12N4O5. The molecule has 9 heteroatoms. The molecule has 0 saturated carbocycles. The number of nitrogen functional groups attached to an aromatic ring is 1. The van der Waals surface area contributed by atoms with Crippen molar-refractivity contribution >= 4 is 28.9 Å². The van der Waals surface area contributed by atoms with Crippen LogP contribution in [0.2, 0.25) is 0 Å². The lowest BCUT2D eigenvalue weighted by molar-refractivity contribution is -0.383. The molecule has 2 aromatic rings. The molecule has 0 saturated heterocycles. The number of carbonyl (C=O) groups excluding carboxylic acids is 2. The van der Waals surface area contributed by atoms with Crippen molar-refractivity contribution in [1.29, 1.82) is 5.26 Å². The van der Waals surface area contributed by atoms with E-state index in [0.717, 1.165) is 6.07 Å². The lowest BCUT2D eigenvalue weighted by atomic mass is 10.2. The van der Waals surface area contributed by atoms with Crippen LogP contribution in [0, 0.1) is 21.4 Å². The number of hydrogen-bond donors (Lipinski definition) is 2. The van der Waals surface area contributed by atoms with Gasteiger partial charge in [-0.1, -0.05) is 6.07 Å². The number of nitrogens with zero attached hydrogens (tertiary/aromatic N) is 2. The number of nitro groups is 1. The fourth-order valence-electron chi connectivity index (χ4n) is 1.91. The molecule has 9 nitrogen and oxygen atoms in total. The molecule has 2 aromatic carbocycles. The monoisotopic (exact) mass is 340 g/mol. The first kappa shape index (κ1) is 17.4. The fourth-order valence-corrected chi connectivity index (χ4v) is 1.91. The molecule has 25 heavy (non-hydrogen) atoms. The zero-order valence-corrected chi connectivity index (χ0v) is 12.8. The number of amides is 1. The Hall–Kier alpha value is -3.93. The SMILES string of the molecule is N#Cc1cccc(NC(=O)COC(=O)c2ccc(N)c([N+](=O)[O-])c2)c1. The zero-order chi connectivity index (χ0) is 18.4. The van der Waals surface area contributed by atoms with Crippen LogP contribution in [0.25, 0.3) is 0 Å². The number of hydrogen-bond acceptors (Lipinski definition) is 7. The van der Waals surface area contributed by atoms with Crippen LogP contribution < -0.4 is 11.1 Å². The maximum atomic E-state index is 11.9. The van der Waals surface area contributed by atoms with Crippen LogP contribution in [0.15, 0.2) is 42.5 Å². The highest BCUT2D eigenvalue weighted by atomic mass is 16.6. The van der Waals surface area contributed by atoms with Crippen LogP contribution in [0.4, 0.5) is 17.1 Å². The summed E-state index contributed by atoms with van der Waals surface area (Å²) in [7, 11) is 0. The minimum atomic E-state index is -0.899. The second kappa shape index (κ2) is 7.56. The molecule has 0 aliphatic rings. The van der Waals surface area contributed by atoms with E-state index >= 15 is 0 Å². The highest BCUT2D eigenvalue weighted by Gasteiger charge is 2.17. The highest BCUT2D eigenvalue weighted by Crippen LogP contribution is 2.22. The summed E-state index contributed by atoms with van der Waals surface area (Å²) in [5, 5.41) is 22.1. The normalized spacial score (nSPS) is 9.72. The number of anilines is 2. The van der Waals surface area contributed by atoms with Gasteiger partial charge in [-0.15, -0.1) is 0 Å². The fraction of sp³-hybridized carbons (Fsp3) is 0.0625. The van der Waals surface area contributed by atoms with Crippen LogP contribution in [-0.4, -0.2) is 23.4 Å². The quantitative estimate of drug-likeness (QED) is 0.365. The Balaban J connectivity index is 1.97. The van der Waals surface area contributed by atoms with E-state index in [4.69, 9.17) is 15.7 Å². The van der Waals surface area contributed by atoms with Crippen LogP contribution >= 0.6 is 0 Å². The predicted molar refractivity (Wildman–Crippen MR) is 87.6 cm³/mol. The van der Waals surface area contributed by atoms with Gasteiger partial charge < -0.3 is 15.8 Å². The summed E-state index contributed by atoms with van der Waals surface area (Å²) in [5.41, 5.74) is 5.58. The molecule has 3 N–H and O–H groups in total. The van der Waals surface area contributed by atoms with Crippen molar-refractivity contribution < 1.29 is 19.2 Å². The highest BCUT2D eigenvalue weighted by molar-refractivity contribution is 5.96. The molecule has 0 fully saturated rings. The predicted octanol–water partition coefficient (Wildman–Crippen LogP) is 1.84. The number of carbonyl (C=O) groups is 2. The maximum absolute atomic E-state index is 11.9. The molecule has 0 spiro atoms. The Morgan fingerprint density at radius 2 is 2.04 bits per heavy atom. The van der Waals surface area contributed by atoms with Crippen LogP contribution in [-0.2, 0) is 9.53 Å². The Labute approximate surface area is 141 Å². The molecule has 0 aromatic heterocycles. The number of rotatable bonds is 5. The Morgan fingerprint density at radius 3 is 2.72 bits per heavy atom. The number of nitrogens with two attached hydrogens (primary N) is 1. The number of ether oxygens (including phenoxy) is 1. The van der Waals surface area contributed by atoms with E-state index in [2.05, 4.69) is 5.32 Å². The molecule has 0 radical (unpaired) electrons. The third-order valence-corrected chi connectivity index (χ3v) is 3.07. The molecule has 0 atom stereocenters. The van der Waals surface area contributed by atoms with Crippen molar-refractivity contribution in [3.8, 4) is 6.07 Å². The summed E-state index contributed by atoms with van der Waals surface area (Å²) in [5.74, 6) is -1.52. The van der Waals surface area contributed by atoms with Gasteiger partial charge in [0.1, 0.15) is 5.69 Å². The van der Waals surface area contributed by atoms with Crippen molar-refractivity contribution in [1.82, 2.24) is 0 Å². The second-order valence-electron chi connectivity index (χ2n) is 4.85. The van der Waals surface area contributed by atoms with Gasteiger partial charge in [-0.2, -0.15) is 5.26 Å². The molecular weight excluding hydrogens is 328 g/mol. The number of benzene rings is 2. The van der Waals surface area contributed by atoms with Gasteiger partial charge in [0.25, 0.3) is 11.6 Å². The van der Waals surface area contributed by atoms with Crippen molar-refractivity contribution in [2.75, 3.05) is 17.7 Å². The third-order valence-electron chi connectivity index (χ3n) is 3.07. The van der Waals surface area contributed by atoms with Crippen molar-refractivity contribution in [2.45, 2.75) is 0 Å². The number of nitrogens with one attached hydrogen (secondary N) is 1. The third kappa shape index (κ3) is 4.52. The summed E-state index contributed by atoms with van der Waals surface area (Å²) >= 11 is 0. The topological polar surface area (TPSA) is 148 Å². The van der Waals surface area contributed by atoms with Crippen molar-refractivity contribution in [3.05, 3.63) is 63.7 Å².